The van der Waals surface area contributed by atoms with Gasteiger partial charge in [0.05, 0.1) is 5.02 Å². The van der Waals surface area contributed by atoms with Gasteiger partial charge < -0.3 is 10.1 Å². The summed E-state index contributed by atoms with van der Waals surface area (Å²) in [5.74, 6) is 1.38. The van der Waals surface area contributed by atoms with E-state index in [-0.39, 0.29) is 0 Å². The van der Waals surface area contributed by atoms with Crippen LogP contribution in [0, 0.1) is 13.8 Å². The Morgan fingerprint density at radius 1 is 1.24 bits per heavy atom. The van der Waals surface area contributed by atoms with Crippen molar-refractivity contribution in [2.75, 3.05) is 0 Å². The highest BCUT2D eigenvalue weighted by Crippen LogP contribution is 2.26. The molecular formula is C17H21ClN2O. The topological polar surface area (TPSA) is 34.1 Å². The van der Waals surface area contributed by atoms with Crippen LogP contribution in [0.5, 0.6) is 11.6 Å². The summed E-state index contributed by atoms with van der Waals surface area (Å²) in [5.41, 5.74) is 3.29. The Bertz CT molecular complexity index is 626. The lowest BCUT2D eigenvalue weighted by atomic mass is 10.1. The quantitative estimate of drug-likeness (QED) is 0.873. The van der Waals surface area contributed by atoms with Crippen molar-refractivity contribution in [3.05, 3.63) is 52.2 Å². The van der Waals surface area contributed by atoms with E-state index >= 15 is 0 Å². The van der Waals surface area contributed by atoms with Crippen LogP contribution in [0.3, 0.4) is 0 Å². The standard InChI is InChI=1S/C17H21ClN2O/c1-11(2)19-9-14-8-17(20-10-15(14)18)21-16-6-5-12(3)7-13(16)4/h5-8,10-11,19H,9H2,1-4H3. The van der Waals surface area contributed by atoms with Gasteiger partial charge >= 0.3 is 0 Å². The summed E-state index contributed by atoms with van der Waals surface area (Å²) in [5, 5.41) is 3.99. The fraction of sp³-hybridized carbons (Fsp3) is 0.353. The summed E-state index contributed by atoms with van der Waals surface area (Å²) < 4.78 is 5.87. The third-order valence-electron chi connectivity index (χ3n) is 3.16. The molecule has 3 nitrogen and oxygen atoms in total. The molecule has 0 atom stereocenters. The fourth-order valence-electron chi connectivity index (χ4n) is 1.99. The van der Waals surface area contributed by atoms with Gasteiger partial charge in [0.25, 0.3) is 0 Å². The van der Waals surface area contributed by atoms with E-state index in [0.29, 0.717) is 23.5 Å². The van der Waals surface area contributed by atoms with E-state index in [2.05, 4.69) is 37.1 Å². The lowest BCUT2D eigenvalue weighted by Crippen LogP contribution is -2.22. The summed E-state index contributed by atoms with van der Waals surface area (Å²) in [6.45, 7) is 8.99. The van der Waals surface area contributed by atoms with E-state index in [9.17, 15) is 0 Å². The first-order valence-electron chi connectivity index (χ1n) is 7.08. The third kappa shape index (κ3) is 4.45. The van der Waals surface area contributed by atoms with Crippen LogP contribution in [0.15, 0.2) is 30.5 Å². The molecule has 0 aliphatic heterocycles. The van der Waals surface area contributed by atoms with Crippen molar-refractivity contribution >= 4 is 11.6 Å². The molecule has 0 radical (unpaired) electrons. The van der Waals surface area contributed by atoms with Gasteiger partial charge in [0.1, 0.15) is 5.75 Å². The molecule has 0 aliphatic rings. The number of pyridine rings is 1. The van der Waals surface area contributed by atoms with Crippen LogP contribution < -0.4 is 10.1 Å². The van der Waals surface area contributed by atoms with Crippen LogP contribution in [0.1, 0.15) is 30.5 Å². The molecule has 0 saturated heterocycles. The predicted molar refractivity (Wildman–Crippen MR) is 87.2 cm³/mol. The maximum atomic E-state index is 6.18. The van der Waals surface area contributed by atoms with Crippen LogP contribution in [0.25, 0.3) is 0 Å². The summed E-state index contributed by atoms with van der Waals surface area (Å²) in [6, 6.07) is 8.37. The van der Waals surface area contributed by atoms with Crippen LogP contribution in [0.4, 0.5) is 0 Å². The minimum absolute atomic E-state index is 0.401. The number of hydrogen-bond acceptors (Lipinski definition) is 3. The number of aryl methyl sites for hydroxylation is 2. The van der Waals surface area contributed by atoms with Crippen molar-refractivity contribution < 1.29 is 4.74 Å². The van der Waals surface area contributed by atoms with Gasteiger partial charge in [0.2, 0.25) is 5.88 Å². The largest absolute Gasteiger partial charge is 0.439 e. The molecular weight excluding hydrogens is 284 g/mol. The Morgan fingerprint density at radius 3 is 2.67 bits per heavy atom. The van der Waals surface area contributed by atoms with Gasteiger partial charge in [-0.1, -0.05) is 43.1 Å². The van der Waals surface area contributed by atoms with Gasteiger partial charge in [-0.05, 0) is 31.0 Å². The molecule has 0 amide bonds. The van der Waals surface area contributed by atoms with Gasteiger partial charge in [0, 0.05) is 24.8 Å². The van der Waals surface area contributed by atoms with Crippen molar-refractivity contribution in [3.63, 3.8) is 0 Å². The Balaban J connectivity index is 2.18. The lowest BCUT2D eigenvalue weighted by Gasteiger charge is -2.12. The maximum Gasteiger partial charge on any atom is 0.219 e. The maximum absolute atomic E-state index is 6.18. The first-order valence-corrected chi connectivity index (χ1v) is 7.46. The van der Waals surface area contributed by atoms with Crippen molar-refractivity contribution in [3.8, 4) is 11.6 Å². The Labute approximate surface area is 131 Å². The number of ether oxygens (including phenoxy) is 1. The second kappa shape index (κ2) is 6.92. The van der Waals surface area contributed by atoms with Crippen molar-refractivity contribution in [2.45, 2.75) is 40.3 Å². The highest BCUT2D eigenvalue weighted by molar-refractivity contribution is 6.31. The van der Waals surface area contributed by atoms with Gasteiger partial charge in [-0.15, -0.1) is 0 Å². The molecule has 0 aliphatic carbocycles. The van der Waals surface area contributed by atoms with Gasteiger partial charge in [-0.3, -0.25) is 0 Å². The molecule has 1 aromatic carbocycles. The molecule has 1 N–H and O–H groups in total. The molecule has 1 aromatic heterocycles. The average Bonchev–Trinajstić information content (AvgIpc) is 2.42. The third-order valence-corrected chi connectivity index (χ3v) is 3.50. The Hall–Kier alpha value is -1.58. The average molecular weight is 305 g/mol. The monoisotopic (exact) mass is 304 g/mol. The summed E-state index contributed by atoms with van der Waals surface area (Å²) >= 11 is 6.18. The van der Waals surface area contributed by atoms with Crippen molar-refractivity contribution in [1.82, 2.24) is 10.3 Å². The number of benzene rings is 1. The number of nitrogens with zero attached hydrogens (tertiary/aromatic N) is 1. The van der Waals surface area contributed by atoms with Gasteiger partial charge in [-0.25, -0.2) is 4.98 Å². The molecule has 2 aromatic rings. The number of rotatable bonds is 5. The molecule has 0 spiro atoms. The zero-order valence-corrected chi connectivity index (χ0v) is 13.7. The first kappa shape index (κ1) is 15.8. The zero-order chi connectivity index (χ0) is 15.4. The Morgan fingerprint density at radius 2 is 2.00 bits per heavy atom. The molecule has 21 heavy (non-hydrogen) atoms. The second-order valence-corrected chi connectivity index (χ2v) is 5.93. The predicted octanol–water partition coefficient (Wildman–Crippen LogP) is 4.64. The van der Waals surface area contributed by atoms with Crippen LogP contribution >= 0.6 is 11.6 Å². The molecule has 112 valence electrons. The van der Waals surface area contributed by atoms with Crippen LogP contribution in [-0.2, 0) is 6.54 Å². The van der Waals surface area contributed by atoms with Crippen molar-refractivity contribution in [1.29, 1.82) is 0 Å². The van der Waals surface area contributed by atoms with E-state index in [4.69, 9.17) is 16.3 Å². The minimum Gasteiger partial charge on any atom is -0.439 e. The smallest absolute Gasteiger partial charge is 0.219 e. The number of nitrogens with one attached hydrogen (secondary N) is 1. The van der Waals surface area contributed by atoms with Crippen LogP contribution in [-0.4, -0.2) is 11.0 Å². The normalized spacial score (nSPS) is 11.0. The van der Waals surface area contributed by atoms with E-state index in [1.54, 1.807) is 6.20 Å². The van der Waals surface area contributed by atoms with Gasteiger partial charge in [0.15, 0.2) is 0 Å². The second-order valence-electron chi connectivity index (χ2n) is 5.52. The molecule has 0 bridgehead atoms. The molecule has 0 fully saturated rings. The van der Waals surface area contributed by atoms with Crippen LogP contribution in [0.2, 0.25) is 5.02 Å². The van der Waals surface area contributed by atoms with E-state index in [0.717, 1.165) is 16.9 Å². The molecule has 0 unspecified atom stereocenters. The lowest BCUT2D eigenvalue weighted by molar-refractivity contribution is 0.457. The Kier molecular flexibility index (Phi) is 5.21. The molecule has 4 heteroatoms. The van der Waals surface area contributed by atoms with E-state index in [1.807, 2.05) is 25.1 Å². The molecule has 0 saturated carbocycles. The van der Waals surface area contributed by atoms with E-state index in [1.165, 1.54) is 5.56 Å². The number of halogens is 1. The molecule has 1 heterocycles. The van der Waals surface area contributed by atoms with Gasteiger partial charge in [-0.2, -0.15) is 0 Å². The zero-order valence-electron chi connectivity index (χ0n) is 12.9. The number of aromatic nitrogens is 1. The minimum atomic E-state index is 0.401. The summed E-state index contributed by atoms with van der Waals surface area (Å²) in [7, 11) is 0. The summed E-state index contributed by atoms with van der Waals surface area (Å²) in [6.07, 6.45) is 1.64. The highest BCUT2D eigenvalue weighted by atomic mass is 35.5. The van der Waals surface area contributed by atoms with Crippen molar-refractivity contribution in [2.24, 2.45) is 0 Å². The SMILES string of the molecule is Cc1ccc(Oc2cc(CNC(C)C)c(Cl)cn2)c(C)c1. The first-order chi connectivity index (χ1) is 9.95. The van der Waals surface area contributed by atoms with E-state index < -0.39 is 0 Å². The molecule has 2 rings (SSSR count). The fourth-order valence-corrected chi connectivity index (χ4v) is 2.16. The highest BCUT2D eigenvalue weighted by Gasteiger charge is 2.07. The number of hydrogen-bond donors (Lipinski definition) is 1. The summed E-state index contributed by atoms with van der Waals surface area (Å²) in [4.78, 5) is 4.24.